The number of benzene rings is 1. The van der Waals surface area contributed by atoms with E-state index in [9.17, 15) is 22.8 Å². The lowest BCUT2D eigenvalue weighted by Gasteiger charge is -2.24. The quantitative estimate of drug-likeness (QED) is 0.758. The van der Waals surface area contributed by atoms with E-state index < -0.39 is 17.6 Å². The number of carbonyl (C=O) groups excluding carboxylic acids is 2. The maximum Gasteiger partial charge on any atom is 0.418 e. The lowest BCUT2D eigenvalue weighted by molar-refractivity contribution is -0.137. The first-order valence-corrected chi connectivity index (χ1v) is 8.71. The van der Waals surface area contributed by atoms with Crippen molar-refractivity contribution in [3.05, 3.63) is 29.8 Å². The van der Waals surface area contributed by atoms with E-state index in [1.807, 2.05) is 0 Å². The molecule has 0 saturated heterocycles. The number of nitrogens with two attached hydrogens (primary N) is 1. The van der Waals surface area contributed by atoms with Crippen LogP contribution in [0.4, 0.5) is 18.9 Å². The Hall–Kier alpha value is -1.80. The predicted molar refractivity (Wildman–Crippen MR) is 99.5 cm³/mol. The molecule has 1 aliphatic rings. The third-order valence-corrected chi connectivity index (χ3v) is 4.73. The Bertz CT molecular complexity index is 655. The van der Waals surface area contributed by atoms with Crippen LogP contribution in [0.3, 0.4) is 0 Å². The molecule has 2 rings (SSSR count). The van der Waals surface area contributed by atoms with Gasteiger partial charge in [-0.15, -0.1) is 12.4 Å². The second kappa shape index (κ2) is 9.94. The third kappa shape index (κ3) is 6.39. The molecule has 0 aliphatic heterocycles. The van der Waals surface area contributed by atoms with Gasteiger partial charge in [0, 0.05) is 19.0 Å². The van der Waals surface area contributed by atoms with Crippen molar-refractivity contribution in [3.8, 4) is 0 Å². The Kier molecular flexibility index (Phi) is 8.56. The highest BCUT2D eigenvalue weighted by atomic mass is 35.5. The highest BCUT2D eigenvalue weighted by Crippen LogP contribution is 2.34. The lowest BCUT2D eigenvalue weighted by Crippen LogP contribution is -2.40. The minimum absolute atomic E-state index is 0. The summed E-state index contributed by atoms with van der Waals surface area (Å²) in [5, 5.41) is 2.26. The van der Waals surface area contributed by atoms with E-state index in [-0.39, 0.29) is 48.9 Å². The molecule has 27 heavy (non-hydrogen) atoms. The standard InChI is InChI=1S/C18H24F3N3O2.ClH/c1-2-24(17(26)10-12-6-5-8-14(12)22)11-16(25)23-15-9-4-3-7-13(15)18(19,20)21;/h3-4,7,9,12,14H,2,5-6,8,10-11,22H2,1H3,(H,23,25);1H/t12-,14+;/m0./s1. The molecule has 1 fully saturated rings. The molecule has 0 bridgehead atoms. The molecule has 1 aliphatic carbocycles. The topological polar surface area (TPSA) is 75.4 Å². The first kappa shape index (κ1) is 23.2. The van der Waals surface area contributed by atoms with Crippen LogP contribution in [0.1, 0.15) is 38.2 Å². The molecule has 1 aromatic carbocycles. The number of amides is 2. The first-order chi connectivity index (χ1) is 12.2. The van der Waals surface area contributed by atoms with E-state index in [4.69, 9.17) is 5.73 Å². The van der Waals surface area contributed by atoms with Gasteiger partial charge in [0.1, 0.15) is 0 Å². The van der Waals surface area contributed by atoms with Gasteiger partial charge in [0.25, 0.3) is 0 Å². The summed E-state index contributed by atoms with van der Waals surface area (Å²) in [4.78, 5) is 25.9. The largest absolute Gasteiger partial charge is 0.418 e. The molecule has 5 nitrogen and oxygen atoms in total. The zero-order chi connectivity index (χ0) is 19.3. The van der Waals surface area contributed by atoms with Gasteiger partial charge in [-0.1, -0.05) is 18.6 Å². The van der Waals surface area contributed by atoms with E-state index in [2.05, 4.69) is 5.32 Å². The number of likely N-dealkylation sites (N-methyl/N-ethyl adjacent to an activating group) is 1. The Balaban J connectivity index is 0.00000364. The van der Waals surface area contributed by atoms with Crippen molar-refractivity contribution in [2.45, 2.75) is 44.8 Å². The van der Waals surface area contributed by atoms with Crippen molar-refractivity contribution >= 4 is 29.9 Å². The number of hydrogen-bond acceptors (Lipinski definition) is 3. The average molecular weight is 408 g/mol. The van der Waals surface area contributed by atoms with Crippen LogP contribution in [0.25, 0.3) is 0 Å². The number of para-hydroxylation sites is 1. The number of nitrogens with one attached hydrogen (secondary N) is 1. The zero-order valence-electron chi connectivity index (χ0n) is 15.1. The van der Waals surface area contributed by atoms with Crippen molar-refractivity contribution in [1.29, 1.82) is 0 Å². The number of hydrogen-bond donors (Lipinski definition) is 2. The van der Waals surface area contributed by atoms with Gasteiger partial charge in [-0.2, -0.15) is 13.2 Å². The minimum atomic E-state index is -4.57. The second-order valence-corrected chi connectivity index (χ2v) is 6.56. The van der Waals surface area contributed by atoms with Crippen LogP contribution >= 0.6 is 12.4 Å². The van der Waals surface area contributed by atoms with Crippen molar-refractivity contribution in [2.75, 3.05) is 18.4 Å². The SMILES string of the molecule is CCN(CC(=O)Nc1ccccc1C(F)(F)F)C(=O)C[C@@H]1CCC[C@H]1N.Cl. The molecule has 0 heterocycles. The van der Waals surface area contributed by atoms with Crippen LogP contribution in [0.2, 0.25) is 0 Å². The molecule has 1 saturated carbocycles. The van der Waals surface area contributed by atoms with Crippen LogP contribution in [0.15, 0.2) is 24.3 Å². The molecule has 0 unspecified atom stereocenters. The summed E-state index contributed by atoms with van der Waals surface area (Å²) in [6.07, 6.45) is -1.54. The maximum absolute atomic E-state index is 13.0. The van der Waals surface area contributed by atoms with Gasteiger partial charge < -0.3 is 16.0 Å². The molecule has 152 valence electrons. The molecule has 0 radical (unpaired) electrons. The summed E-state index contributed by atoms with van der Waals surface area (Å²) in [6.45, 7) is 1.74. The van der Waals surface area contributed by atoms with Gasteiger partial charge in [0.05, 0.1) is 17.8 Å². The molecule has 0 spiro atoms. The highest BCUT2D eigenvalue weighted by Gasteiger charge is 2.34. The van der Waals surface area contributed by atoms with Gasteiger partial charge in [-0.25, -0.2) is 0 Å². The summed E-state index contributed by atoms with van der Waals surface area (Å²) in [5.41, 5.74) is 4.74. The predicted octanol–water partition coefficient (Wildman–Crippen LogP) is 3.43. The van der Waals surface area contributed by atoms with Gasteiger partial charge in [0.15, 0.2) is 0 Å². The average Bonchev–Trinajstić information content (AvgIpc) is 2.97. The third-order valence-electron chi connectivity index (χ3n) is 4.73. The van der Waals surface area contributed by atoms with Crippen LogP contribution in [-0.2, 0) is 15.8 Å². The van der Waals surface area contributed by atoms with Crippen molar-refractivity contribution in [2.24, 2.45) is 11.7 Å². The Morgan fingerprint density at radius 1 is 1.26 bits per heavy atom. The van der Waals surface area contributed by atoms with E-state index >= 15 is 0 Å². The number of anilines is 1. The van der Waals surface area contributed by atoms with E-state index in [0.717, 1.165) is 25.3 Å². The molecule has 3 N–H and O–H groups in total. The van der Waals surface area contributed by atoms with Gasteiger partial charge in [-0.3, -0.25) is 9.59 Å². The Morgan fingerprint density at radius 2 is 1.93 bits per heavy atom. The molecule has 2 atom stereocenters. The molecule has 9 heteroatoms. The first-order valence-electron chi connectivity index (χ1n) is 8.71. The van der Waals surface area contributed by atoms with Crippen molar-refractivity contribution < 1.29 is 22.8 Å². The number of halogens is 4. The smallest absolute Gasteiger partial charge is 0.334 e. The fraction of sp³-hybridized carbons (Fsp3) is 0.556. The van der Waals surface area contributed by atoms with Crippen LogP contribution in [0.5, 0.6) is 0 Å². The van der Waals surface area contributed by atoms with E-state index in [1.54, 1.807) is 6.92 Å². The van der Waals surface area contributed by atoms with Crippen LogP contribution in [0, 0.1) is 5.92 Å². The molecule has 1 aromatic rings. The fourth-order valence-corrected chi connectivity index (χ4v) is 3.25. The van der Waals surface area contributed by atoms with Crippen LogP contribution in [-0.4, -0.2) is 35.8 Å². The molecular weight excluding hydrogens is 383 g/mol. The number of nitrogens with zero attached hydrogens (tertiary/aromatic N) is 1. The maximum atomic E-state index is 13.0. The summed E-state index contributed by atoms with van der Waals surface area (Å²) in [6, 6.07) is 4.75. The Labute approximate surface area is 162 Å². The summed E-state index contributed by atoms with van der Waals surface area (Å²) < 4.78 is 39.0. The van der Waals surface area contributed by atoms with Crippen molar-refractivity contribution in [3.63, 3.8) is 0 Å². The summed E-state index contributed by atoms with van der Waals surface area (Å²) in [7, 11) is 0. The summed E-state index contributed by atoms with van der Waals surface area (Å²) >= 11 is 0. The van der Waals surface area contributed by atoms with E-state index in [0.29, 0.717) is 6.54 Å². The highest BCUT2D eigenvalue weighted by molar-refractivity contribution is 5.95. The lowest BCUT2D eigenvalue weighted by atomic mass is 9.99. The molecule has 0 aromatic heterocycles. The summed E-state index contributed by atoms with van der Waals surface area (Å²) in [5.74, 6) is -0.757. The monoisotopic (exact) mass is 407 g/mol. The van der Waals surface area contributed by atoms with Crippen molar-refractivity contribution in [1.82, 2.24) is 4.90 Å². The number of alkyl halides is 3. The molecule has 2 amide bonds. The van der Waals surface area contributed by atoms with Gasteiger partial charge >= 0.3 is 6.18 Å². The number of rotatable bonds is 6. The number of carbonyl (C=O) groups is 2. The van der Waals surface area contributed by atoms with E-state index in [1.165, 1.54) is 23.1 Å². The normalized spacial score (nSPS) is 19.3. The second-order valence-electron chi connectivity index (χ2n) is 6.56. The fourth-order valence-electron chi connectivity index (χ4n) is 3.25. The minimum Gasteiger partial charge on any atom is -0.334 e. The van der Waals surface area contributed by atoms with Crippen LogP contribution < -0.4 is 11.1 Å². The molecular formula is C18H25ClF3N3O2. The Morgan fingerprint density at radius 3 is 2.48 bits per heavy atom. The van der Waals surface area contributed by atoms with Gasteiger partial charge in [-0.05, 0) is 37.8 Å². The zero-order valence-corrected chi connectivity index (χ0v) is 15.9. The van der Waals surface area contributed by atoms with Gasteiger partial charge in [0.2, 0.25) is 11.8 Å².